The van der Waals surface area contributed by atoms with E-state index in [1.54, 1.807) is 6.92 Å². The van der Waals surface area contributed by atoms with Crippen molar-refractivity contribution in [3.05, 3.63) is 44.0 Å². The SMILES string of the molecule is CCCC/C(C)=N\NC(=O)c1cc([N+](=O)[O-])cc([N+](=O)[O-])c1. The van der Waals surface area contributed by atoms with E-state index in [0.29, 0.717) is 12.1 Å². The molecule has 9 nitrogen and oxygen atoms in total. The molecule has 0 aliphatic carbocycles. The highest BCUT2D eigenvalue weighted by Crippen LogP contribution is 2.22. The Kier molecular flexibility index (Phi) is 6.11. The number of carbonyl (C=O) groups excluding carboxylic acids is 1. The highest BCUT2D eigenvalue weighted by molar-refractivity contribution is 5.96. The van der Waals surface area contributed by atoms with Crippen LogP contribution in [0.25, 0.3) is 0 Å². The van der Waals surface area contributed by atoms with Crippen LogP contribution in [-0.4, -0.2) is 21.5 Å². The van der Waals surface area contributed by atoms with Crippen molar-refractivity contribution in [3.8, 4) is 0 Å². The van der Waals surface area contributed by atoms with E-state index >= 15 is 0 Å². The summed E-state index contributed by atoms with van der Waals surface area (Å²) in [6.07, 6.45) is 2.62. The first kappa shape index (κ1) is 17.2. The summed E-state index contributed by atoms with van der Waals surface area (Å²) in [5.41, 5.74) is 1.72. The Balaban J connectivity index is 2.97. The van der Waals surface area contributed by atoms with E-state index < -0.39 is 27.1 Å². The molecule has 22 heavy (non-hydrogen) atoms. The Hall–Kier alpha value is -2.84. The molecule has 0 aliphatic rings. The predicted molar refractivity (Wildman–Crippen MR) is 79.9 cm³/mol. The molecule has 0 saturated heterocycles. The van der Waals surface area contributed by atoms with Gasteiger partial charge in [0, 0.05) is 17.8 Å². The minimum Gasteiger partial charge on any atom is -0.267 e. The molecule has 0 atom stereocenters. The second-order valence-electron chi connectivity index (χ2n) is 4.64. The fourth-order valence-electron chi connectivity index (χ4n) is 1.64. The van der Waals surface area contributed by atoms with Crippen molar-refractivity contribution in [2.45, 2.75) is 33.1 Å². The Labute approximate surface area is 126 Å². The van der Waals surface area contributed by atoms with Gasteiger partial charge in [0.25, 0.3) is 17.3 Å². The lowest BCUT2D eigenvalue weighted by Gasteiger charge is -2.03. The highest BCUT2D eigenvalue weighted by Gasteiger charge is 2.19. The Morgan fingerprint density at radius 1 is 1.18 bits per heavy atom. The average Bonchev–Trinajstić information content (AvgIpc) is 2.49. The molecule has 1 aromatic rings. The lowest BCUT2D eigenvalue weighted by atomic mass is 10.1. The maximum absolute atomic E-state index is 11.9. The molecule has 0 saturated carbocycles. The van der Waals surface area contributed by atoms with Crippen LogP contribution in [0, 0.1) is 20.2 Å². The van der Waals surface area contributed by atoms with E-state index in [9.17, 15) is 25.0 Å². The molecule has 118 valence electrons. The molecule has 0 bridgehead atoms. The zero-order valence-corrected chi connectivity index (χ0v) is 12.2. The number of rotatable bonds is 7. The van der Waals surface area contributed by atoms with Gasteiger partial charge in [-0.25, -0.2) is 5.43 Å². The third-order valence-electron chi connectivity index (χ3n) is 2.83. The van der Waals surface area contributed by atoms with Gasteiger partial charge in [-0.15, -0.1) is 0 Å². The number of nitrogens with one attached hydrogen (secondary N) is 1. The molecule has 0 radical (unpaired) electrons. The molecule has 0 spiro atoms. The van der Waals surface area contributed by atoms with Crippen LogP contribution in [0.4, 0.5) is 11.4 Å². The van der Waals surface area contributed by atoms with Gasteiger partial charge in [-0.3, -0.25) is 25.0 Å². The van der Waals surface area contributed by atoms with Crippen LogP contribution in [-0.2, 0) is 0 Å². The number of hydrazone groups is 1. The van der Waals surface area contributed by atoms with Gasteiger partial charge in [-0.1, -0.05) is 13.3 Å². The normalized spacial score (nSPS) is 11.1. The summed E-state index contributed by atoms with van der Waals surface area (Å²) in [7, 11) is 0. The maximum Gasteiger partial charge on any atom is 0.277 e. The quantitative estimate of drug-likeness (QED) is 0.470. The van der Waals surface area contributed by atoms with Gasteiger partial charge in [0.05, 0.1) is 21.5 Å². The van der Waals surface area contributed by atoms with Crippen molar-refractivity contribution in [1.82, 2.24) is 5.43 Å². The second-order valence-corrected chi connectivity index (χ2v) is 4.64. The molecule has 0 unspecified atom stereocenters. The van der Waals surface area contributed by atoms with Crippen LogP contribution in [0.5, 0.6) is 0 Å². The highest BCUT2D eigenvalue weighted by atomic mass is 16.6. The number of benzene rings is 1. The Morgan fingerprint density at radius 2 is 1.73 bits per heavy atom. The van der Waals surface area contributed by atoms with Gasteiger partial charge < -0.3 is 0 Å². The number of hydrogen-bond donors (Lipinski definition) is 1. The zero-order valence-electron chi connectivity index (χ0n) is 12.2. The first-order chi connectivity index (χ1) is 10.3. The van der Waals surface area contributed by atoms with Crippen LogP contribution in [0.15, 0.2) is 23.3 Å². The molecular formula is C13H16N4O5. The second kappa shape index (κ2) is 7.81. The number of hydrogen-bond acceptors (Lipinski definition) is 6. The number of amides is 1. The minimum atomic E-state index is -0.792. The lowest BCUT2D eigenvalue weighted by molar-refractivity contribution is -0.394. The monoisotopic (exact) mass is 308 g/mol. The summed E-state index contributed by atoms with van der Waals surface area (Å²) in [5.74, 6) is -0.734. The number of unbranched alkanes of at least 4 members (excludes halogenated alkanes) is 1. The van der Waals surface area contributed by atoms with E-state index in [2.05, 4.69) is 10.5 Å². The number of nitro groups is 2. The molecule has 0 aromatic heterocycles. The minimum absolute atomic E-state index is 0.187. The summed E-state index contributed by atoms with van der Waals surface area (Å²) in [4.78, 5) is 31.8. The van der Waals surface area contributed by atoms with E-state index in [1.807, 2.05) is 6.92 Å². The van der Waals surface area contributed by atoms with Gasteiger partial charge in [0.15, 0.2) is 0 Å². The van der Waals surface area contributed by atoms with E-state index in [-0.39, 0.29) is 5.56 Å². The lowest BCUT2D eigenvalue weighted by Crippen LogP contribution is -2.19. The number of non-ortho nitro benzene ring substituents is 2. The summed E-state index contributed by atoms with van der Waals surface area (Å²) in [6, 6.07) is 2.74. The third kappa shape index (κ3) is 4.93. The molecule has 1 N–H and O–H groups in total. The number of nitrogens with zero attached hydrogens (tertiary/aromatic N) is 3. The number of carbonyl (C=O) groups is 1. The van der Waals surface area contributed by atoms with E-state index in [0.717, 1.165) is 31.0 Å². The van der Waals surface area contributed by atoms with Gasteiger partial charge in [0.2, 0.25) is 0 Å². The standard InChI is InChI=1S/C13H16N4O5/c1-3-4-5-9(2)14-15-13(18)10-6-11(16(19)20)8-12(7-10)17(21)22/h6-8H,3-5H2,1-2H3,(H,15,18)/b14-9-. The average molecular weight is 308 g/mol. The summed E-state index contributed by atoms with van der Waals surface area (Å²) in [6.45, 7) is 3.76. The van der Waals surface area contributed by atoms with Crippen molar-refractivity contribution in [3.63, 3.8) is 0 Å². The fraction of sp³-hybridized carbons (Fsp3) is 0.385. The predicted octanol–water partition coefficient (Wildman–Crippen LogP) is 2.80. The molecule has 1 rings (SSSR count). The molecule has 1 amide bonds. The smallest absolute Gasteiger partial charge is 0.267 e. The number of nitro benzene ring substituents is 2. The van der Waals surface area contributed by atoms with Crippen LogP contribution in [0.1, 0.15) is 43.5 Å². The van der Waals surface area contributed by atoms with Crippen molar-refractivity contribution >= 4 is 23.0 Å². The van der Waals surface area contributed by atoms with Crippen LogP contribution in [0.2, 0.25) is 0 Å². The fourth-order valence-corrected chi connectivity index (χ4v) is 1.64. The molecule has 0 aliphatic heterocycles. The largest absolute Gasteiger partial charge is 0.277 e. The third-order valence-corrected chi connectivity index (χ3v) is 2.83. The van der Waals surface area contributed by atoms with Crippen LogP contribution in [0.3, 0.4) is 0 Å². The topological polar surface area (TPSA) is 128 Å². The Morgan fingerprint density at radius 3 is 2.18 bits per heavy atom. The molecular weight excluding hydrogens is 292 g/mol. The molecule has 0 heterocycles. The Bertz CT molecular complexity index is 595. The van der Waals surface area contributed by atoms with Crippen molar-refractivity contribution in [2.75, 3.05) is 0 Å². The first-order valence-electron chi connectivity index (χ1n) is 6.62. The summed E-state index contributed by atoms with van der Waals surface area (Å²) in [5, 5.41) is 25.4. The van der Waals surface area contributed by atoms with E-state index in [1.165, 1.54) is 0 Å². The van der Waals surface area contributed by atoms with Gasteiger partial charge in [-0.05, 0) is 19.8 Å². The molecule has 0 fully saturated rings. The zero-order chi connectivity index (χ0) is 16.7. The van der Waals surface area contributed by atoms with Gasteiger partial charge in [-0.2, -0.15) is 5.10 Å². The molecule has 1 aromatic carbocycles. The van der Waals surface area contributed by atoms with Crippen molar-refractivity contribution in [2.24, 2.45) is 5.10 Å². The van der Waals surface area contributed by atoms with Gasteiger partial charge in [0.1, 0.15) is 0 Å². The van der Waals surface area contributed by atoms with Crippen LogP contribution >= 0.6 is 0 Å². The van der Waals surface area contributed by atoms with Crippen LogP contribution < -0.4 is 5.43 Å². The summed E-state index contributed by atoms with van der Waals surface area (Å²) < 4.78 is 0. The molecule has 9 heteroatoms. The first-order valence-corrected chi connectivity index (χ1v) is 6.62. The van der Waals surface area contributed by atoms with Crippen molar-refractivity contribution in [1.29, 1.82) is 0 Å². The summed E-state index contributed by atoms with van der Waals surface area (Å²) >= 11 is 0. The van der Waals surface area contributed by atoms with Gasteiger partial charge >= 0.3 is 0 Å². The van der Waals surface area contributed by atoms with Crippen molar-refractivity contribution < 1.29 is 14.6 Å². The van der Waals surface area contributed by atoms with E-state index in [4.69, 9.17) is 0 Å². The maximum atomic E-state index is 11.9.